The Kier molecular flexibility index (Phi) is 6.20. The van der Waals surface area contributed by atoms with Crippen molar-refractivity contribution < 1.29 is 9.90 Å². The first-order valence-electron chi connectivity index (χ1n) is 11.5. The van der Waals surface area contributed by atoms with E-state index in [1.54, 1.807) is 47.3 Å². The number of rotatable bonds is 4. The van der Waals surface area contributed by atoms with Gasteiger partial charge in [0.25, 0.3) is 0 Å². The maximum absolute atomic E-state index is 12.4. The van der Waals surface area contributed by atoms with Gasteiger partial charge >= 0.3 is 6.03 Å². The van der Waals surface area contributed by atoms with E-state index >= 15 is 0 Å². The number of carbonyl (C=O) groups excluding carboxylic acids is 1. The minimum Gasteiger partial charge on any atom is -0.507 e. The standard InChI is InChI=1S/C26H25ClN6O2/c1-28-19-15-20(17-3-4-23(22(27)13-17)33-12-11-31(2)26(33)35)25(34)21(16-19)18-5-6-30-24(14-18)32-9-7-29-8-10-32/h3-6,13-16,29,34H,7-12H2,2H3. The van der Waals surface area contributed by atoms with Crippen molar-refractivity contribution in [1.82, 2.24) is 15.2 Å². The molecule has 2 aliphatic heterocycles. The number of nitrogens with zero attached hydrogens (tertiary/aromatic N) is 5. The number of benzene rings is 2. The zero-order valence-electron chi connectivity index (χ0n) is 19.3. The van der Waals surface area contributed by atoms with Crippen LogP contribution in [0.5, 0.6) is 5.75 Å². The summed E-state index contributed by atoms with van der Waals surface area (Å²) in [5.74, 6) is 0.904. The Hall–Kier alpha value is -3.80. The van der Waals surface area contributed by atoms with Crippen molar-refractivity contribution in [2.75, 3.05) is 56.1 Å². The Balaban J connectivity index is 1.54. The number of piperazine rings is 1. The highest BCUT2D eigenvalue weighted by Gasteiger charge is 2.28. The number of nitrogens with one attached hydrogen (secondary N) is 1. The molecule has 0 saturated carbocycles. The van der Waals surface area contributed by atoms with Gasteiger partial charge in [0.15, 0.2) is 5.69 Å². The third-order valence-corrected chi connectivity index (χ3v) is 6.79. The second-order valence-corrected chi connectivity index (χ2v) is 9.07. The fraction of sp³-hybridized carbons (Fsp3) is 0.269. The van der Waals surface area contributed by atoms with Crippen LogP contribution in [-0.4, -0.2) is 67.3 Å². The molecule has 5 rings (SSSR count). The second kappa shape index (κ2) is 9.45. The summed E-state index contributed by atoms with van der Waals surface area (Å²) in [6, 6.07) is 12.4. The maximum atomic E-state index is 12.4. The highest BCUT2D eigenvalue weighted by molar-refractivity contribution is 6.34. The topological polar surface area (TPSA) is 76.3 Å². The third-order valence-electron chi connectivity index (χ3n) is 6.49. The van der Waals surface area contributed by atoms with Gasteiger partial charge in [0, 0.05) is 63.6 Å². The van der Waals surface area contributed by atoms with E-state index in [4.69, 9.17) is 18.2 Å². The number of aromatic hydroxyl groups is 1. The van der Waals surface area contributed by atoms with E-state index in [9.17, 15) is 9.90 Å². The molecule has 1 aromatic heterocycles. The number of hydrogen-bond donors (Lipinski definition) is 2. The Morgan fingerprint density at radius 3 is 2.37 bits per heavy atom. The molecule has 0 aliphatic carbocycles. The maximum Gasteiger partial charge on any atom is 0.324 e. The molecule has 0 spiro atoms. The largest absolute Gasteiger partial charge is 0.507 e. The Bertz CT molecular complexity index is 1330. The van der Waals surface area contributed by atoms with Gasteiger partial charge in [-0.2, -0.15) is 0 Å². The molecule has 0 radical (unpaired) electrons. The normalized spacial score (nSPS) is 16.0. The van der Waals surface area contributed by atoms with Gasteiger partial charge in [-0.05, 0) is 47.5 Å². The molecule has 2 N–H and O–H groups in total. The average Bonchev–Trinajstić information content (AvgIpc) is 3.22. The summed E-state index contributed by atoms with van der Waals surface area (Å²) in [4.78, 5) is 26.0. The zero-order valence-corrected chi connectivity index (χ0v) is 20.1. The second-order valence-electron chi connectivity index (χ2n) is 8.66. The summed E-state index contributed by atoms with van der Waals surface area (Å²) in [5.41, 5.74) is 3.55. The van der Waals surface area contributed by atoms with E-state index in [-0.39, 0.29) is 11.8 Å². The van der Waals surface area contributed by atoms with Crippen LogP contribution in [0.15, 0.2) is 48.7 Å². The smallest absolute Gasteiger partial charge is 0.324 e. The van der Waals surface area contributed by atoms with Crippen LogP contribution in [0.1, 0.15) is 0 Å². The summed E-state index contributed by atoms with van der Waals surface area (Å²) in [5, 5.41) is 15.0. The SMILES string of the molecule is [C-]#[N+]c1cc(-c2ccnc(N3CCNCC3)c2)c(O)c(-c2ccc(N3CCN(C)C3=O)c(Cl)c2)c1. The highest BCUT2D eigenvalue weighted by Crippen LogP contribution is 2.43. The van der Waals surface area contributed by atoms with Crippen LogP contribution in [-0.2, 0) is 0 Å². The molecule has 2 aliphatic rings. The van der Waals surface area contributed by atoms with E-state index in [0.29, 0.717) is 46.2 Å². The Morgan fingerprint density at radius 1 is 1.03 bits per heavy atom. The number of aromatic nitrogens is 1. The summed E-state index contributed by atoms with van der Waals surface area (Å²) >= 11 is 6.59. The van der Waals surface area contributed by atoms with Gasteiger partial charge in [-0.15, -0.1) is 0 Å². The third kappa shape index (κ3) is 4.36. The zero-order chi connectivity index (χ0) is 24.5. The number of halogens is 1. The molecule has 2 saturated heterocycles. The van der Waals surface area contributed by atoms with Crippen LogP contribution >= 0.6 is 11.6 Å². The van der Waals surface area contributed by atoms with Crippen molar-refractivity contribution in [2.24, 2.45) is 0 Å². The molecule has 35 heavy (non-hydrogen) atoms. The van der Waals surface area contributed by atoms with Crippen molar-refractivity contribution in [2.45, 2.75) is 0 Å². The molecule has 9 heteroatoms. The molecular weight excluding hydrogens is 464 g/mol. The number of likely N-dealkylation sites (N-methyl/N-ethyl adjacent to an activating group) is 1. The number of phenols is 1. The van der Waals surface area contributed by atoms with Crippen LogP contribution < -0.4 is 15.1 Å². The van der Waals surface area contributed by atoms with E-state index in [1.807, 2.05) is 18.2 Å². The highest BCUT2D eigenvalue weighted by atomic mass is 35.5. The fourth-order valence-electron chi connectivity index (χ4n) is 4.54. The van der Waals surface area contributed by atoms with E-state index in [1.165, 1.54) is 0 Å². The Labute approximate surface area is 209 Å². The summed E-state index contributed by atoms with van der Waals surface area (Å²) in [7, 11) is 1.76. The van der Waals surface area contributed by atoms with Crippen molar-refractivity contribution in [3.63, 3.8) is 0 Å². The molecule has 2 fully saturated rings. The van der Waals surface area contributed by atoms with Crippen LogP contribution in [0.3, 0.4) is 0 Å². The number of carbonyl (C=O) groups is 1. The molecular formula is C26H25ClN6O2. The van der Waals surface area contributed by atoms with Gasteiger partial charge in [0.2, 0.25) is 0 Å². The van der Waals surface area contributed by atoms with E-state index in [0.717, 1.165) is 37.6 Å². The van der Waals surface area contributed by atoms with E-state index in [2.05, 4.69) is 20.0 Å². The predicted molar refractivity (Wildman–Crippen MR) is 139 cm³/mol. The molecule has 8 nitrogen and oxygen atoms in total. The molecule has 2 amide bonds. The quantitative estimate of drug-likeness (QED) is 0.525. The minimum absolute atomic E-state index is 0.0654. The summed E-state index contributed by atoms with van der Waals surface area (Å²) in [6.45, 7) is 12.3. The van der Waals surface area contributed by atoms with Crippen molar-refractivity contribution in [3.05, 3.63) is 65.1 Å². The lowest BCUT2D eigenvalue weighted by Crippen LogP contribution is -2.43. The molecule has 3 heterocycles. The molecule has 0 unspecified atom stereocenters. The minimum atomic E-state index is -0.0993. The first-order chi connectivity index (χ1) is 17.0. The van der Waals surface area contributed by atoms with Crippen LogP contribution in [0.2, 0.25) is 5.02 Å². The van der Waals surface area contributed by atoms with Gasteiger partial charge in [0.05, 0.1) is 17.3 Å². The number of pyridine rings is 1. The number of hydrogen-bond acceptors (Lipinski definition) is 5. The molecule has 0 bridgehead atoms. The molecule has 2 aromatic carbocycles. The number of amides is 2. The average molecular weight is 489 g/mol. The van der Waals surface area contributed by atoms with Gasteiger partial charge in [0.1, 0.15) is 11.6 Å². The van der Waals surface area contributed by atoms with Crippen molar-refractivity contribution in [1.29, 1.82) is 0 Å². The lowest BCUT2D eigenvalue weighted by molar-refractivity contribution is 0.229. The lowest BCUT2D eigenvalue weighted by atomic mass is 9.96. The van der Waals surface area contributed by atoms with Gasteiger partial charge in [-0.3, -0.25) is 4.90 Å². The van der Waals surface area contributed by atoms with Gasteiger partial charge < -0.3 is 20.2 Å². The first kappa shape index (κ1) is 23.0. The molecule has 178 valence electrons. The predicted octanol–water partition coefficient (Wildman–Crippen LogP) is 4.61. The van der Waals surface area contributed by atoms with Crippen LogP contribution in [0.4, 0.5) is 22.0 Å². The Morgan fingerprint density at radius 2 is 1.74 bits per heavy atom. The first-order valence-corrected chi connectivity index (χ1v) is 11.8. The van der Waals surface area contributed by atoms with Crippen LogP contribution in [0.25, 0.3) is 27.1 Å². The van der Waals surface area contributed by atoms with Crippen LogP contribution in [0, 0.1) is 6.57 Å². The fourth-order valence-corrected chi connectivity index (χ4v) is 4.82. The summed E-state index contributed by atoms with van der Waals surface area (Å²) in [6.07, 6.45) is 1.73. The number of anilines is 2. The van der Waals surface area contributed by atoms with Gasteiger partial charge in [-0.25, -0.2) is 14.6 Å². The van der Waals surface area contributed by atoms with Gasteiger partial charge in [-0.1, -0.05) is 17.7 Å². The monoisotopic (exact) mass is 488 g/mol. The number of urea groups is 1. The van der Waals surface area contributed by atoms with Crippen molar-refractivity contribution in [3.8, 4) is 28.0 Å². The van der Waals surface area contributed by atoms with Crippen molar-refractivity contribution >= 4 is 34.8 Å². The number of phenolic OH excluding ortho intramolecular Hbond substituents is 1. The van der Waals surface area contributed by atoms with E-state index < -0.39 is 0 Å². The molecule has 3 aromatic rings. The summed E-state index contributed by atoms with van der Waals surface area (Å²) < 4.78 is 0. The lowest BCUT2D eigenvalue weighted by Gasteiger charge is -2.28. The molecule has 0 atom stereocenters.